The van der Waals surface area contributed by atoms with Crippen molar-refractivity contribution in [2.75, 3.05) is 11.9 Å². The molecule has 0 aliphatic heterocycles. The van der Waals surface area contributed by atoms with Crippen LogP contribution in [0.5, 0.6) is 0 Å². The van der Waals surface area contributed by atoms with Crippen LogP contribution in [0, 0.1) is 0 Å². The number of rotatable bonds is 3. The zero-order valence-corrected chi connectivity index (χ0v) is 8.97. The van der Waals surface area contributed by atoms with Gasteiger partial charge in [0, 0.05) is 22.5 Å². The number of benzene rings is 1. The maximum absolute atomic E-state index is 3.31. The predicted octanol–water partition coefficient (Wildman–Crippen LogP) is 3.85. The fourth-order valence-electron chi connectivity index (χ4n) is 1.39. The number of hydrogen-bond donors (Lipinski definition) is 1. The summed E-state index contributed by atoms with van der Waals surface area (Å²) in [5, 5.41) is 5.47. The van der Waals surface area contributed by atoms with Gasteiger partial charge in [0.05, 0.1) is 0 Å². The van der Waals surface area contributed by atoms with Crippen molar-refractivity contribution < 1.29 is 0 Å². The second kappa shape index (κ2) is 4.29. The van der Waals surface area contributed by atoms with Gasteiger partial charge in [-0.05, 0) is 18.6 Å². The minimum Gasteiger partial charge on any atom is -0.385 e. The largest absolute Gasteiger partial charge is 0.385 e. The first-order valence-electron chi connectivity index (χ1n) is 4.78. The molecule has 0 fully saturated rings. The van der Waals surface area contributed by atoms with E-state index < -0.39 is 0 Å². The van der Waals surface area contributed by atoms with E-state index in [-0.39, 0.29) is 0 Å². The van der Waals surface area contributed by atoms with Crippen molar-refractivity contribution in [1.82, 2.24) is 0 Å². The Morgan fingerprint density at radius 2 is 2.00 bits per heavy atom. The molecule has 2 rings (SSSR count). The van der Waals surface area contributed by atoms with Crippen molar-refractivity contribution in [1.29, 1.82) is 0 Å². The van der Waals surface area contributed by atoms with Gasteiger partial charge in [-0.1, -0.05) is 30.3 Å². The molecule has 0 saturated heterocycles. The Labute approximate surface area is 88.4 Å². The lowest BCUT2D eigenvalue weighted by Gasteiger charge is -1.96. The summed E-state index contributed by atoms with van der Waals surface area (Å²) in [5.74, 6) is 0. The fourth-order valence-corrected chi connectivity index (χ4v) is 2.26. The molecule has 1 nitrogen and oxygen atoms in total. The smallest absolute Gasteiger partial charge is 0.0455 e. The first-order chi connectivity index (χ1) is 6.90. The molecule has 14 heavy (non-hydrogen) atoms. The van der Waals surface area contributed by atoms with Crippen molar-refractivity contribution >= 4 is 17.0 Å². The van der Waals surface area contributed by atoms with E-state index in [1.807, 2.05) is 6.07 Å². The number of anilines is 1. The molecule has 1 aromatic heterocycles. The van der Waals surface area contributed by atoms with Crippen molar-refractivity contribution in [3.63, 3.8) is 0 Å². The van der Waals surface area contributed by atoms with Gasteiger partial charge in [0.1, 0.15) is 0 Å². The molecule has 0 aliphatic carbocycles. The summed E-state index contributed by atoms with van der Waals surface area (Å²) in [4.78, 5) is 1.32. The van der Waals surface area contributed by atoms with Crippen molar-refractivity contribution in [2.45, 2.75) is 6.92 Å². The first kappa shape index (κ1) is 9.28. The Morgan fingerprint density at radius 3 is 2.71 bits per heavy atom. The quantitative estimate of drug-likeness (QED) is 0.799. The van der Waals surface area contributed by atoms with E-state index >= 15 is 0 Å². The lowest BCUT2D eigenvalue weighted by Crippen LogP contribution is -1.93. The standard InChI is InChI=1S/C12H13NS/c1-2-13-11-8-12(14-9-11)10-6-4-3-5-7-10/h3-9,13H,2H2,1H3. The van der Waals surface area contributed by atoms with Gasteiger partial charge in [0.15, 0.2) is 0 Å². The summed E-state index contributed by atoms with van der Waals surface area (Å²) in [7, 11) is 0. The van der Waals surface area contributed by atoms with E-state index in [0.29, 0.717) is 0 Å². The third kappa shape index (κ3) is 1.96. The normalized spacial score (nSPS) is 10.1. The highest BCUT2D eigenvalue weighted by atomic mass is 32.1. The topological polar surface area (TPSA) is 12.0 Å². The van der Waals surface area contributed by atoms with Gasteiger partial charge in [0.2, 0.25) is 0 Å². The molecule has 72 valence electrons. The van der Waals surface area contributed by atoms with Crippen LogP contribution in [0.15, 0.2) is 41.8 Å². The highest BCUT2D eigenvalue weighted by Gasteiger charge is 2.00. The molecule has 0 radical (unpaired) electrons. The predicted molar refractivity (Wildman–Crippen MR) is 63.9 cm³/mol. The molecule has 2 heteroatoms. The average molecular weight is 203 g/mol. The zero-order chi connectivity index (χ0) is 9.80. The van der Waals surface area contributed by atoms with Gasteiger partial charge >= 0.3 is 0 Å². The second-order valence-electron chi connectivity index (χ2n) is 3.10. The average Bonchev–Trinajstić information content (AvgIpc) is 2.68. The third-order valence-electron chi connectivity index (χ3n) is 2.04. The third-order valence-corrected chi connectivity index (χ3v) is 3.02. The monoisotopic (exact) mass is 203 g/mol. The molecule has 0 aliphatic rings. The Kier molecular flexibility index (Phi) is 2.84. The van der Waals surface area contributed by atoms with Crippen molar-refractivity contribution in [3.05, 3.63) is 41.8 Å². The Balaban J connectivity index is 2.25. The first-order valence-corrected chi connectivity index (χ1v) is 5.66. The minimum absolute atomic E-state index is 0.977. The molecule has 0 spiro atoms. The van der Waals surface area contributed by atoms with Crippen LogP contribution in [0.2, 0.25) is 0 Å². The van der Waals surface area contributed by atoms with Crippen LogP contribution in [0.3, 0.4) is 0 Å². The highest BCUT2D eigenvalue weighted by molar-refractivity contribution is 7.14. The SMILES string of the molecule is CCNc1csc(-c2ccccc2)c1. The number of nitrogens with one attached hydrogen (secondary N) is 1. The van der Waals surface area contributed by atoms with Crippen LogP contribution >= 0.6 is 11.3 Å². The summed E-state index contributed by atoms with van der Waals surface area (Å²) < 4.78 is 0. The molecule has 1 aromatic carbocycles. The molecular formula is C12H13NS. The molecule has 0 amide bonds. The molecule has 1 N–H and O–H groups in total. The molecule has 2 aromatic rings. The summed E-state index contributed by atoms with van der Waals surface area (Å²) >= 11 is 1.78. The van der Waals surface area contributed by atoms with E-state index in [2.05, 4.69) is 48.0 Å². The summed E-state index contributed by atoms with van der Waals surface area (Å²) in [6.45, 7) is 3.09. The van der Waals surface area contributed by atoms with Gasteiger partial charge in [-0.3, -0.25) is 0 Å². The van der Waals surface area contributed by atoms with Crippen LogP contribution in [-0.4, -0.2) is 6.54 Å². The molecule has 0 unspecified atom stereocenters. The Bertz CT molecular complexity index is 392. The van der Waals surface area contributed by atoms with E-state index in [4.69, 9.17) is 0 Å². The maximum atomic E-state index is 3.31. The van der Waals surface area contributed by atoms with Crippen LogP contribution in [0.25, 0.3) is 10.4 Å². The Hall–Kier alpha value is -1.28. The minimum atomic E-state index is 0.977. The van der Waals surface area contributed by atoms with Gasteiger partial charge < -0.3 is 5.32 Å². The molecular weight excluding hydrogens is 190 g/mol. The summed E-state index contributed by atoms with van der Waals surface area (Å²) in [5.41, 5.74) is 2.51. The van der Waals surface area contributed by atoms with Gasteiger partial charge in [-0.15, -0.1) is 11.3 Å². The second-order valence-corrected chi connectivity index (χ2v) is 4.01. The molecule has 1 heterocycles. The number of hydrogen-bond acceptors (Lipinski definition) is 2. The van der Waals surface area contributed by atoms with Crippen molar-refractivity contribution in [2.24, 2.45) is 0 Å². The maximum Gasteiger partial charge on any atom is 0.0455 e. The zero-order valence-electron chi connectivity index (χ0n) is 8.16. The molecule has 0 bridgehead atoms. The fraction of sp³-hybridized carbons (Fsp3) is 0.167. The molecule has 0 saturated carbocycles. The summed E-state index contributed by atoms with van der Waals surface area (Å²) in [6.07, 6.45) is 0. The van der Waals surface area contributed by atoms with Gasteiger partial charge in [-0.25, -0.2) is 0 Å². The highest BCUT2D eigenvalue weighted by Crippen LogP contribution is 2.29. The number of thiophene rings is 1. The van der Waals surface area contributed by atoms with E-state index in [1.54, 1.807) is 11.3 Å². The van der Waals surface area contributed by atoms with Crippen LogP contribution < -0.4 is 5.32 Å². The Morgan fingerprint density at radius 1 is 1.21 bits per heavy atom. The van der Waals surface area contributed by atoms with E-state index in [1.165, 1.54) is 16.1 Å². The lowest BCUT2D eigenvalue weighted by atomic mass is 10.2. The van der Waals surface area contributed by atoms with E-state index in [9.17, 15) is 0 Å². The van der Waals surface area contributed by atoms with Crippen molar-refractivity contribution in [3.8, 4) is 10.4 Å². The van der Waals surface area contributed by atoms with Gasteiger partial charge in [-0.2, -0.15) is 0 Å². The molecule has 0 atom stereocenters. The van der Waals surface area contributed by atoms with Crippen LogP contribution in [-0.2, 0) is 0 Å². The lowest BCUT2D eigenvalue weighted by molar-refractivity contribution is 1.22. The van der Waals surface area contributed by atoms with Crippen LogP contribution in [0.4, 0.5) is 5.69 Å². The van der Waals surface area contributed by atoms with Crippen LogP contribution in [0.1, 0.15) is 6.92 Å². The van der Waals surface area contributed by atoms with Gasteiger partial charge in [0.25, 0.3) is 0 Å². The summed E-state index contributed by atoms with van der Waals surface area (Å²) in [6, 6.07) is 12.7. The van der Waals surface area contributed by atoms with E-state index in [0.717, 1.165) is 6.54 Å².